The summed E-state index contributed by atoms with van der Waals surface area (Å²) in [5.41, 5.74) is 2.65. The van der Waals surface area contributed by atoms with Crippen LogP contribution in [-0.4, -0.2) is 28.7 Å². The van der Waals surface area contributed by atoms with Crippen LogP contribution in [-0.2, 0) is 0 Å². The molecule has 0 N–H and O–H groups in total. The van der Waals surface area contributed by atoms with Gasteiger partial charge in [-0.15, -0.1) is 0 Å². The highest BCUT2D eigenvalue weighted by molar-refractivity contribution is 9.10. The van der Waals surface area contributed by atoms with Gasteiger partial charge in [0.2, 0.25) is 0 Å². The Morgan fingerprint density at radius 3 is 2.48 bits per heavy atom. The van der Waals surface area contributed by atoms with E-state index in [-0.39, 0.29) is 23.2 Å². The van der Waals surface area contributed by atoms with Gasteiger partial charge in [0.15, 0.2) is 0 Å². The molecule has 4 rings (SSSR count). The fourth-order valence-corrected chi connectivity index (χ4v) is 3.75. The van der Waals surface area contributed by atoms with Crippen LogP contribution in [0.25, 0.3) is 0 Å². The van der Waals surface area contributed by atoms with Crippen LogP contribution in [0.2, 0.25) is 0 Å². The van der Waals surface area contributed by atoms with Crippen molar-refractivity contribution < 1.29 is 14.5 Å². The van der Waals surface area contributed by atoms with Crippen LogP contribution in [0.15, 0.2) is 82.4 Å². The number of amides is 1. The summed E-state index contributed by atoms with van der Waals surface area (Å²) in [6.07, 6.45) is 0.522. The second-order valence-corrected chi connectivity index (χ2v) is 7.92. The minimum atomic E-state index is -0.515. The molecule has 8 heteroatoms. The lowest BCUT2D eigenvalue weighted by Gasteiger charge is -2.22. The van der Waals surface area contributed by atoms with Crippen molar-refractivity contribution in [3.05, 3.63) is 104 Å². The normalized spacial score (nSPS) is 15.5. The third-order valence-electron chi connectivity index (χ3n) is 5.10. The number of non-ortho nitro benzene ring substituents is 1. The molecule has 0 aromatic heterocycles. The number of ether oxygens (including phenoxy) is 1. The third-order valence-corrected chi connectivity index (χ3v) is 5.63. The third kappa shape index (κ3) is 4.34. The van der Waals surface area contributed by atoms with Gasteiger partial charge in [-0.05, 0) is 53.6 Å². The van der Waals surface area contributed by atoms with Crippen molar-refractivity contribution in [3.8, 4) is 5.75 Å². The minimum absolute atomic E-state index is 0.135. The number of carbonyl (C=O) groups is 1. The molecule has 156 valence electrons. The van der Waals surface area contributed by atoms with Crippen molar-refractivity contribution in [2.45, 2.75) is 12.5 Å². The van der Waals surface area contributed by atoms with E-state index in [0.717, 1.165) is 27.1 Å². The average Bonchev–Trinajstić information content (AvgIpc) is 3.24. The molecule has 1 aliphatic rings. The minimum Gasteiger partial charge on any atom is -0.497 e. The summed E-state index contributed by atoms with van der Waals surface area (Å²) in [7, 11) is 1.60. The molecule has 31 heavy (non-hydrogen) atoms. The molecule has 0 unspecified atom stereocenters. The Kier molecular flexibility index (Phi) is 5.81. The largest absolute Gasteiger partial charge is 0.497 e. The van der Waals surface area contributed by atoms with E-state index >= 15 is 0 Å². The monoisotopic (exact) mass is 479 g/mol. The summed E-state index contributed by atoms with van der Waals surface area (Å²) in [4.78, 5) is 23.9. The zero-order valence-corrected chi connectivity index (χ0v) is 18.2. The standard InChI is InChI=1S/C23H18BrN3O4/c1-31-20-11-7-15(8-12-20)21-14-22(16-5-9-18(24)10-6-16)26(25-21)23(28)17-3-2-4-19(13-17)27(29)30/h2-13,22H,14H2,1H3/t22-/m1/s1. The Balaban J connectivity index is 1.72. The predicted octanol–water partition coefficient (Wildman–Crippen LogP) is 5.36. The highest BCUT2D eigenvalue weighted by atomic mass is 79.9. The number of nitro benzene ring substituents is 1. The van der Waals surface area contributed by atoms with Crippen molar-refractivity contribution in [2.24, 2.45) is 5.10 Å². The number of hydrogen-bond donors (Lipinski definition) is 0. The van der Waals surface area contributed by atoms with Gasteiger partial charge in [0.05, 0.1) is 23.8 Å². The number of nitro groups is 1. The number of hydrazone groups is 1. The molecule has 0 spiro atoms. The summed E-state index contributed by atoms with van der Waals surface area (Å²) in [6.45, 7) is 0. The number of carbonyl (C=O) groups excluding carboxylic acids is 1. The maximum absolute atomic E-state index is 13.3. The van der Waals surface area contributed by atoms with Crippen LogP contribution in [0.1, 0.15) is 33.9 Å². The van der Waals surface area contributed by atoms with Crippen LogP contribution in [0.3, 0.4) is 0 Å². The zero-order chi connectivity index (χ0) is 22.0. The summed E-state index contributed by atoms with van der Waals surface area (Å²) in [5, 5.41) is 17.2. The first-order chi connectivity index (χ1) is 15.0. The average molecular weight is 480 g/mol. The van der Waals surface area contributed by atoms with Crippen molar-refractivity contribution in [1.82, 2.24) is 5.01 Å². The Bertz CT molecular complexity index is 1160. The van der Waals surface area contributed by atoms with Crippen LogP contribution in [0.4, 0.5) is 5.69 Å². The Labute approximate surface area is 187 Å². The molecule has 0 bridgehead atoms. The first-order valence-electron chi connectivity index (χ1n) is 9.51. The van der Waals surface area contributed by atoms with Gasteiger partial charge in [-0.2, -0.15) is 5.10 Å². The van der Waals surface area contributed by atoms with E-state index in [0.29, 0.717) is 6.42 Å². The van der Waals surface area contributed by atoms with Gasteiger partial charge < -0.3 is 4.74 Å². The maximum Gasteiger partial charge on any atom is 0.274 e. The van der Waals surface area contributed by atoms with Crippen LogP contribution in [0, 0.1) is 10.1 Å². The van der Waals surface area contributed by atoms with Crippen molar-refractivity contribution in [2.75, 3.05) is 7.11 Å². The van der Waals surface area contributed by atoms with E-state index < -0.39 is 4.92 Å². The van der Waals surface area contributed by atoms with Crippen LogP contribution in [0.5, 0.6) is 5.75 Å². The molecule has 7 nitrogen and oxygen atoms in total. The van der Waals surface area contributed by atoms with E-state index in [1.807, 2.05) is 48.5 Å². The lowest BCUT2D eigenvalue weighted by Crippen LogP contribution is -2.27. The summed E-state index contributed by atoms with van der Waals surface area (Å²) in [5.74, 6) is 0.344. The van der Waals surface area contributed by atoms with E-state index in [9.17, 15) is 14.9 Å². The summed E-state index contributed by atoms with van der Waals surface area (Å²) >= 11 is 3.43. The van der Waals surface area contributed by atoms with Crippen molar-refractivity contribution in [1.29, 1.82) is 0 Å². The number of rotatable bonds is 5. The highest BCUT2D eigenvalue weighted by Gasteiger charge is 2.34. The number of hydrogen-bond acceptors (Lipinski definition) is 5. The van der Waals surface area contributed by atoms with Gasteiger partial charge in [-0.3, -0.25) is 14.9 Å². The second kappa shape index (κ2) is 8.69. The number of benzene rings is 3. The molecule has 0 saturated heterocycles. The van der Waals surface area contributed by atoms with E-state index in [1.165, 1.54) is 23.2 Å². The Morgan fingerprint density at radius 1 is 1.13 bits per heavy atom. The van der Waals surface area contributed by atoms with Gasteiger partial charge in [0.25, 0.3) is 11.6 Å². The molecule has 0 saturated carbocycles. The molecule has 1 amide bonds. The molecule has 1 aliphatic heterocycles. The lowest BCUT2D eigenvalue weighted by molar-refractivity contribution is -0.384. The predicted molar refractivity (Wildman–Crippen MR) is 120 cm³/mol. The number of methoxy groups -OCH3 is 1. The van der Waals surface area contributed by atoms with Crippen molar-refractivity contribution >= 4 is 33.2 Å². The molecule has 1 heterocycles. The van der Waals surface area contributed by atoms with Crippen LogP contribution >= 0.6 is 15.9 Å². The van der Waals surface area contributed by atoms with Crippen molar-refractivity contribution in [3.63, 3.8) is 0 Å². The topological polar surface area (TPSA) is 85.0 Å². The summed E-state index contributed by atoms with van der Waals surface area (Å²) in [6, 6.07) is 20.6. The van der Waals surface area contributed by atoms with Gasteiger partial charge in [0.1, 0.15) is 5.75 Å². The molecule has 0 fully saturated rings. The Morgan fingerprint density at radius 2 is 1.84 bits per heavy atom. The molecular weight excluding hydrogens is 462 g/mol. The van der Waals surface area contributed by atoms with Gasteiger partial charge in [-0.1, -0.05) is 34.1 Å². The van der Waals surface area contributed by atoms with Gasteiger partial charge in [0, 0.05) is 28.6 Å². The molecule has 3 aromatic carbocycles. The smallest absolute Gasteiger partial charge is 0.274 e. The fourth-order valence-electron chi connectivity index (χ4n) is 3.48. The van der Waals surface area contributed by atoms with Crippen LogP contribution < -0.4 is 4.74 Å². The molecule has 0 radical (unpaired) electrons. The molecular formula is C23H18BrN3O4. The van der Waals surface area contributed by atoms with Gasteiger partial charge in [-0.25, -0.2) is 5.01 Å². The number of halogens is 1. The van der Waals surface area contributed by atoms with E-state index in [4.69, 9.17) is 4.74 Å². The number of nitrogens with zero attached hydrogens (tertiary/aromatic N) is 3. The zero-order valence-electron chi connectivity index (χ0n) is 16.6. The second-order valence-electron chi connectivity index (χ2n) is 7.00. The van der Waals surface area contributed by atoms with E-state index in [2.05, 4.69) is 21.0 Å². The Hall–Kier alpha value is -3.52. The molecule has 3 aromatic rings. The first-order valence-corrected chi connectivity index (χ1v) is 10.3. The fraction of sp³-hybridized carbons (Fsp3) is 0.130. The molecule has 1 atom stereocenters. The lowest BCUT2D eigenvalue weighted by atomic mass is 9.98. The van der Waals surface area contributed by atoms with E-state index in [1.54, 1.807) is 13.2 Å². The maximum atomic E-state index is 13.3. The highest BCUT2D eigenvalue weighted by Crippen LogP contribution is 2.35. The van der Waals surface area contributed by atoms with Gasteiger partial charge >= 0.3 is 0 Å². The SMILES string of the molecule is COc1ccc(C2=NN(C(=O)c3cccc([N+](=O)[O-])c3)[C@@H](c3ccc(Br)cc3)C2)cc1. The summed E-state index contributed by atoms with van der Waals surface area (Å²) < 4.78 is 6.15. The quantitative estimate of drug-likeness (QED) is 0.364. The molecule has 0 aliphatic carbocycles. The first kappa shape index (κ1) is 20.7.